The van der Waals surface area contributed by atoms with Crippen molar-refractivity contribution in [2.45, 2.75) is 25.4 Å². The highest BCUT2D eigenvalue weighted by Gasteiger charge is 2.71. The Kier molecular flexibility index (Phi) is 4.26. The van der Waals surface area contributed by atoms with Crippen molar-refractivity contribution in [2.24, 2.45) is 17.8 Å². The number of halogens is 2. The molecule has 0 aromatic heterocycles. The number of benzene rings is 2. The van der Waals surface area contributed by atoms with Gasteiger partial charge in [0.05, 0.1) is 22.5 Å². The van der Waals surface area contributed by atoms with Gasteiger partial charge in [0, 0.05) is 22.3 Å². The molecule has 154 valence electrons. The molecule has 2 saturated heterocycles. The third-order valence-electron chi connectivity index (χ3n) is 6.43. The Morgan fingerprint density at radius 2 is 1.77 bits per heavy atom. The van der Waals surface area contributed by atoms with Gasteiger partial charge < -0.3 is 5.32 Å². The molecule has 0 unspecified atom stereocenters. The average Bonchev–Trinajstić information content (AvgIpc) is 3.28. The number of hydrogen-bond donors (Lipinski definition) is 2. The first-order valence-electron chi connectivity index (χ1n) is 9.79. The fraction of sp³-hybridized carbons (Fsp3) is 0.318. The van der Waals surface area contributed by atoms with Gasteiger partial charge in [0.2, 0.25) is 17.7 Å². The van der Waals surface area contributed by atoms with Crippen molar-refractivity contribution in [2.75, 3.05) is 10.2 Å². The molecule has 2 aromatic carbocycles. The summed E-state index contributed by atoms with van der Waals surface area (Å²) in [5.41, 5.74) is 0.339. The summed E-state index contributed by atoms with van der Waals surface area (Å²) in [7, 11) is 0. The smallest absolute Gasteiger partial charge is 0.250 e. The molecule has 3 aliphatic rings. The summed E-state index contributed by atoms with van der Waals surface area (Å²) in [5, 5.41) is 6.90. The molecule has 2 N–H and O–H groups in total. The first-order valence-corrected chi connectivity index (χ1v) is 10.5. The normalized spacial score (nSPS) is 29.7. The molecule has 5 rings (SSSR count). The van der Waals surface area contributed by atoms with Gasteiger partial charge in [0.25, 0.3) is 0 Å². The summed E-state index contributed by atoms with van der Waals surface area (Å²) >= 11 is 12.3. The molecular formula is C22H19Cl2N3O3. The minimum atomic E-state index is -1.30. The summed E-state index contributed by atoms with van der Waals surface area (Å²) in [6.07, 6.45) is 0. The van der Waals surface area contributed by atoms with Crippen LogP contribution in [0.2, 0.25) is 10.0 Å². The number of carbonyl (C=O) groups excluding carboxylic acids is 3. The van der Waals surface area contributed by atoms with Gasteiger partial charge in [0.1, 0.15) is 5.54 Å². The van der Waals surface area contributed by atoms with Gasteiger partial charge in [-0.3, -0.25) is 19.7 Å². The lowest BCUT2D eigenvalue weighted by Gasteiger charge is -2.30. The number of rotatable bonds is 2. The molecule has 30 heavy (non-hydrogen) atoms. The van der Waals surface area contributed by atoms with E-state index in [9.17, 15) is 14.4 Å². The monoisotopic (exact) mass is 443 g/mol. The molecule has 8 heteroatoms. The summed E-state index contributed by atoms with van der Waals surface area (Å²) in [6.45, 7) is 3.95. The molecule has 2 aromatic rings. The lowest BCUT2D eigenvalue weighted by molar-refractivity contribution is -0.130. The summed E-state index contributed by atoms with van der Waals surface area (Å²) in [4.78, 5) is 41.7. The standard InChI is InChI=1S/C22H19Cl2N3O3/c1-10(2)18-16-17(22(26-18)12-5-3-4-6-14(12)25-21(22)30)20(29)27(19(16)28)15-8-7-11(23)9-13(15)24/h3-10,16-18,26H,1-2H3,(H,25,30)/t16-,17-,18-,22-/m0/s1. The molecule has 6 nitrogen and oxygen atoms in total. The largest absolute Gasteiger partial charge is 0.324 e. The van der Waals surface area contributed by atoms with Crippen LogP contribution in [0.1, 0.15) is 19.4 Å². The highest BCUT2D eigenvalue weighted by molar-refractivity contribution is 6.38. The molecule has 4 atom stereocenters. The van der Waals surface area contributed by atoms with E-state index in [2.05, 4.69) is 10.6 Å². The zero-order valence-corrected chi connectivity index (χ0v) is 17.8. The van der Waals surface area contributed by atoms with Crippen LogP contribution in [-0.2, 0) is 19.9 Å². The predicted octanol–water partition coefficient (Wildman–Crippen LogP) is 3.57. The van der Waals surface area contributed by atoms with Crippen LogP contribution in [0.5, 0.6) is 0 Å². The Morgan fingerprint density at radius 1 is 1.03 bits per heavy atom. The molecule has 0 saturated carbocycles. The Morgan fingerprint density at radius 3 is 2.47 bits per heavy atom. The second kappa shape index (κ2) is 6.54. The number of amides is 3. The highest BCUT2D eigenvalue weighted by atomic mass is 35.5. The lowest BCUT2D eigenvalue weighted by atomic mass is 9.76. The molecule has 0 aliphatic carbocycles. The van der Waals surface area contributed by atoms with Crippen LogP contribution in [0.3, 0.4) is 0 Å². The van der Waals surface area contributed by atoms with Crippen molar-refractivity contribution in [3.05, 3.63) is 58.1 Å². The van der Waals surface area contributed by atoms with E-state index in [1.807, 2.05) is 32.0 Å². The fourth-order valence-electron chi connectivity index (χ4n) is 5.16. The Hall–Kier alpha value is -2.41. The lowest BCUT2D eigenvalue weighted by Crippen LogP contribution is -2.54. The number of hydrogen-bond acceptors (Lipinski definition) is 4. The SMILES string of the molecule is CC(C)[C@@H]1N[C@]2(C(=O)Nc3ccccc32)[C@@H]2C(=O)N(c3ccc(Cl)cc3Cl)C(=O)[C@@H]21. The summed E-state index contributed by atoms with van der Waals surface area (Å²) < 4.78 is 0. The van der Waals surface area contributed by atoms with E-state index in [1.54, 1.807) is 18.2 Å². The number of fused-ring (bicyclic) bond motifs is 4. The van der Waals surface area contributed by atoms with Crippen LogP contribution < -0.4 is 15.5 Å². The van der Waals surface area contributed by atoms with Gasteiger partial charge in [-0.05, 0) is 30.2 Å². The van der Waals surface area contributed by atoms with Crippen LogP contribution in [-0.4, -0.2) is 23.8 Å². The topological polar surface area (TPSA) is 78.5 Å². The van der Waals surface area contributed by atoms with Crippen molar-refractivity contribution < 1.29 is 14.4 Å². The predicted molar refractivity (Wildman–Crippen MR) is 114 cm³/mol. The average molecular weight is 444 g/mol. The van der Waals surface area contributed by atoms with Gasteiger partial charge in [0.15, 0.2) is 0 Å². The molecule has 0 bridgehead atoms. The maximum absolute atomic E-state index is 13.7. The molecule has 0 radical (unpaired) electrons. The van der Waals surface area contributed by atoms with Crippen molar-refractivity contribution >= 4 is 52.3 Å². The molecule has 3 aliphatic heterocycles. The van der Waals surface area contributed by atoms with E-state index in [0.717, 1.165) is 4.90 Å². The first-order chi connectivity index (χ1) is 14.3. The van der Waals surface area contributed by atoms with Crippen LogP contribution in [0.25, 0.3) is 0 Å². The van der Waals surface area contributed by atoms with E-state index >= 15 is 0 Å². The summed E-state index contributed by atoms with van der Waals surface area (Å²) in [5.74, 6) is -2.62. The van der Waals surface area contributed by atoms with Gasteiger partial charge >= 0.3 is 0 Å². The first kappa shape index (κ1) is 19.5. The van der Waals surface area contributed by atoms with Gasteiger partial charge in [-0.2, -0.15) is 0 Å². The molecule has 3 heterocycles. The number of carbonyl (C=O) groups is 3. The summed E-state index contributed by atoms with van der Waals surface area (Å²) in [6, 6.07) is 11.6. The quantitative estimate of drug-likeness (QED) is 0.695. The van der Waals surface area contributed by atoms with E-state index < -0.39 is 23.3 Å². The van der Waals surface area contributed by atoms with Crippen LogP contribution >= 0.6 is 23.2 Å². The van der Waals surface area contributed by atoms with Crippen molar-refractivity contribution in [3.63, 3.8) is 0 Å². The molecule has 2 fully saturated rings. The second-order valence-corrected chi connectivity index (χ2v) is 9.18. The minimum Gasteiger partial charge on any atom is -0.324 e. The number of nitrogens with one attached hydrogen (secondary N) is 2. The maximum atomic E-state index is 13.7. The van der Waals surface area contributed by atoms with Gasteiger partial charge in [-0.15, -0.1) is 0 Å². The Bertz CT molecular complexity index is 1120. The number of anilines is 2. The molecular weight excluding hydrogens is 425 g/mol. The Balaban J connectivity index is 1.70. The zero-order valence-electron chi connectivity index (χ0n) is 16.3. The number of imide groups is 1. The second-order valence-electron chi connectivity index (χ2n) is 8.33. The number of para-hydroxylation sites is 1. The van der Waals surface area contributed by atoms with Crippen molar-refractivity contribution in [3.8, 4) is 0 Å². The van der Waals surface area contributed by atoms with E-state index in [1.165, 1.54) is 6.07 Å². The van der Waals surface area contributed by atoms with Crippen LogP contribution in [0.15, 0.2) is 42.5 Å². The van der Waals surface area contributed by atoms with Crippen LogP contribution in [0, 0.1) is 17.8 Å². The van der Waals surface area contributed by atoms with Crippen molar-refractivity contribution in [1.82, 2.24) is 5.32 Å². The molecule has 3 amide bonds. The Labute approximate surface area is 183 Å². The van der Waals surface area contributed by atoms with E-state index in [-0.39, 0.29) is 34.5 Å². The minimum absolute atomic E-state index is 0.0230. The third kappa shape index (κ3) is 2.38. The van der Waals surface area contributed by atoms with E-state index in [0.29, 0.717) is 16.3 Å². The number of nitrogens with zero attached hydrogens (tertiary/aromatic N) is 1. The van der Waals surface area contributed by atoms with Gasteiger partial charge in [-0.25, -0.2) is 4.90 Å². The third-order valence-corrected chi connectivity index (χ3v) is 6.96. The highest BCUT2D eigenvalue weighted by Crippen LogP contribution is 2.54. The van der Waals surface area contributed by atoms with Crippen molar-refractivity contribution in [1.29, 1.82) is 0 Å². The zero-order chi connectivity index (χ0) is 21.4. The maximum Gasteiger partial charge on any atom is 0.250 e. The van der Waals surface area contributed by atoms with E-state index in [4.69, 9.17) is 23.2 Å². The fourth-order valence-corrected chi connectivity index (χ4v) is 5.66. The molecule has 1 spiro atoms. The van der Waals surface area contributed by atoms with Gasteiger partial charge in [-0.1, -0.05) is 55.2 Å². The van der Waals surface area contributed by atoms with Crippen LogP contribution in [0.4, 0.5) is 11.4 Å².